The van der Waals surface area contributed by atoms with Gasteiger partial charge in [0.25, 0.3) is 0 Å². The summed E-state index contributed by atoms with van der Waals surface area (Å²) in [6.45, 7) is 1.74. The van der Waals surface area contributed by atoms with Crippen molar-refractivity contribution in [3.63, 3.8) is 0 Å². The van der Waals surface area contributed by atoms with Gasteiger partial charge in [0, 0.05) is 5.56 Å². The highest BCUT2D eigenvalue weighted by Crippen LogP contribution is 2.30. The van der Waals surface area contributed by atoms with E-state index >= 15 is 0 Å². The maximum Gasteiger partial charge on any atom is 0.166 e. The Bertz CT molecular complexity index is 326. The summed E-state index contributed by atoms with van der Waals surface area (Å²) in [5, 5.41) is 0. The van der Waals surface area contributed by atoms with E-state index in [1.54, 1.807) is 6.92 Å². The topological polar surface area (TPSA) is 9.23 Å². The number of methoxy groups -OCH3 is 1. The molecule has 0 spiro atoms. The molecule has 0 saturated carbocycles. The largest absolute Gasteiger partial charge is 0.493 e. The highest BCUT2D eigenvalue weighted by molar-refractivity contribution is 9.10. The first kappa shape index (κ1) is 10.4. The predicted molar refractivity (Wildman–Crippen MR) is 50.0 cm³/mol. The minimum absolute atomic E-state index is 0.0109. The minimum atomic E-state index is -0.548. The van der Waals surface area contributed by atoms with Crippen LogP contribution in [0.25, 0.3) is 0 Å². The number of rotatable bonds is 2. The molecule has 0 amide bonds. The molecule has 0 heterocycles. The second kappa shape index (κ2) is 4.05. The number of hydrogen-bond donors (Lipinski definition) is 0. The summed E-state index contributed by atoms with van der Waals surface area (Å²) in [7, 11) is 1.32. The van der Waals surface area contributed by atoms with Crippen LogP contribution in [0.2, 0.25) is 0 Å². The van der Waals surface area contributed by atoms with Gasteiger partial charge in [-0.15, -0.1) is 0 Å². The van der Waals surface area contributed by atoms with E-state index in [-0.39, 0.29) is 15.8 Å². The molecule has 0 unspecified atom stereocenters. The van der Waals surface area contributed by atoms with Gasteiger partial charge < -0.3 is 4.74 Å². The van der Waals surface area contributed by atoms with Gasteiger partial charge in [-0.2, -0.15) is 0 Å². The van der Waals surface area contributed by atoms with Crippen molar-refractivity contribution in [2.45, 2.75) is 13.3 Å². The van der Waals surface area contributed by atoms with E-state index in [2.05, 4.69) is 15.9 Å². The zero-order valence-electron chi connectivity index (χ0n) is 7.33. The number of hydrogen-bond acceptors (Lipinski definition) is 1. The molecule has 1 nitrogen and oxygen atoms in total. The maximum absolute atomic E-state index is 13.3. The minimum Gasteiger partial charge on any atom is -0.493 e. The molecule has 0 aliphatic carbocycles. The smallest absolute Gasteiger partial charge is 0.166 e. The van der Waals surface area contributed by atoms with Crippen LogP contribution in [-0.2, 0) is 6.42 Å². The lowest BCUT2D eigenvalue weighted by molar-refractivity contribution is 0.376. The van der Waals surface area contributed by atoms with Crippen molar-refractivity contribution in [2.75, 3.05) is 7.11 Å². The summed E-state index contributed by atoms with van der Waals surface area (Å²) < 4.78 is 31.4. The SMILES string of the molecule is CCc1c(F)c(Br)cc(F)c1OC. The average molecular weight is 251 g/mol. The fraction of sp³-hybridized carbons (Fsp3) is 0.333. The van der Waals surface area contributed by atoms with Crippen molar-refractivity contribution < 1.29 is 13.5 Å². The monoisotopic (exact) mass is 250 g/mol. The van der Waals surface area contributed by atoms with Crippen LogP contribution >= 0.6 is 15.9 Å². The van der Waals surface area contributed by atoms with Crippen molar-refractivity contribution in [3.8, 4) is 5.75 Å². The molecular formula is C9H9BrF2O. The molecule has 0 atom stereocenters. The Kier molecular flexibility index (Phi) is 3.25. The van der Waals surface area contributed by atoms with Crippen molar-refractivity contribution in [1.29, 1.82) is 0 Å². The van der Waals surface area contributed by atoms with Gasteiger partial charge in [-0.3, -0.25) is 0 Å². The Morgan fingerprint density at radius 1 is 1.46 bits per heavy atom. The van der Waals surface area contributed by atoms with Crippen molar-refractivity contribution >= 4 is 15.9 Å². The van der Waals surface area contributed by atoms with Crippen LogP contribution in [0.3, 0.4) is 0 Å². The lowest BCUT2D eigenvalue weighted by atomic mass is 10.1. The standard InChI is InChI=1S/C9H9BrF2O/c1-3-5-8(12)6(10)4-7(11)9(5)13-2/h4H,3H2,1-2H3. The van der Waals surface area contributed by atoms with Gasteiger partial charge >= 0.3 is 0 Å². The van der Waals surface area contributed by atoms with E-state index in [0.717, 1.165) is 6.07 Å². The zero-order valence-corrected chi connectivity index (χ0v) is 8.91. The van der Waals surface area contributed by atoms with Crippen molar-refractivity contribution in [2.24, 2.45) is 0 Å². The summed E-state index contributed by atoms with van der Waals surface area (Å²) >= 11 is 2.93. The third-order valence-corrected chi connectivity index (χ3v) is 2.35. The Morgan fingerprint density at radius 3 is 2.54 bits per heavy atom. The molecule has 4 heteroatoms. The van der Waals surface area contributed by atoms with Gasteiger partial charge in [-0.05, 0) is 28.4 Å². The fourth-order valence-electron chi connectivity index (χ4n) is 1.16. The molecule has 0 N–H and O–H groups in total. The normalized spacial score (nSPS) is 10.2. The molecular weight excluding hydrogens is 242 g/mol. The summed E-state index contributed by atoms with van der Waals surface area (Å²) in [6.07, 6.45) is 0.394. The van der Waals surface area contributed by atoms with Crippen molar-refractivity contribution in [3.05, 3.63) is 27.7 Å². The summed E-state index contributed by atoms with van der Waals surface area (Å²) in [4.78, 5) is 0. The lowest BCUT2D eigenvalue weighted by Gasteiger charge is -2.09. The van der Waals surface area contributed by atoms with Crippen LogP contribution in [-0.4, -0.2) is 7.11 Å². The Labute approximate surface area is 83.8 Å². The first-order valence-electron chi connectivity index (χ1n) is 3.82. The summed E-state index contributed by atoms with van der Waals surface area (Å²) in [5.41, 5.74) is 0.259. The third-order valence-electron chi connectivity index (χ3n) is 1.78. The molecule has 0 bridgehead atoms. The molecule has 0 saturated heterocycles. The van der Waals surface area contributed by atoms with Crippen LogP contribution in [0.4, 0.5) is 8.78 Å². The van der Waals surface area contributed by atoms with Crippen LogP contribution < -0.4 is 4.74 Å². The molecule has 0 aliphatic rings. The number of ether oxygens (including phenoxy) is 1. The van der Waals surface area contributed by atoms with E-state index < -0.39 is 11.6 Å². The summed E-state index contributed by atoms with van der Waals surface area (Å²) in [5.74, 6) is -1.02. The first-order valence-corrected chi connectivity index (χ1v) is 4.61. The van der Waals surface area contributed by atoms with Crippen molar-refractivity contribution in [1.82, 2.24) is 0 Å². The van der Waals surface area contributed by atoms with Gasteiger partial charge in [-0.1, -0.05) is 6.92 Å². The third kappa shape index (κ3) is 1.82. The average Bonchev–Trinajstić information content (AvgIpc) is 2.10. The van der Waals surface area contributed by atoms with Crippen LogP contribution in [0, 0.1) is 11.6 Å². The molecule has 0 fully saturated rings. The maximum atomic E-state index is 13.3. The van der Waals surface area contributed by atoms with E-state index in [1.807, 2.05) is 0 Å². The van der Waals surface area contributed by atoms with Gasteiger partial charge in [0.15, 0.2) is 11.6 Å². The highest BCUT2D eigenvalue weighted by atomic mass is 79.9. The molecule has 0 radical (unpaired) electrons. The van der Waals surface area contributed by atoms with Gasteiger partial charge in [0.1, 0.15) is 5.82 Å². The van der Waals surface area contributed by atoms with E-state index in [4.69, 9.17) is 4.74 Å². The van der Waals surface area contributed by atoms with Gasteiger partial charge in [0.05, 0.1) is 11.6 Å². The second-order valence-corrected chi connectivity index (χ2v) is 3.37. The Morgan fingerprint density at radius 2 is 2.08 bits per heavy atom. The molecule has 1 aromatic carbocycles. The molecule has 1 rings (SSSR count). The Hall–Kier alpha value is -0.640. The van der Waals surface area contributed by atoms with Crippen LogP contribution in [0.5, 0.6) is 5.75 Å². The molecule has 13 heavy (non-hydrogen) atoms. The Balaban J connectivity index is 3.41. The predicted octanol–water partition coefficient (Wildman–Crippen LogP) is 3.30. The molecule has 0 aliphatic heterocycles. The number of benzene rings is 1. The van der Waals surface area contributed by atoms with E-state index in [1.165, 1.54) is 7.11 Å². The molecule has 1 aromatic rings. The van der Waals surface area contributed by atoms with Crippen LogP contribution in [0.15, 0.2) is 10.5 Å². The quantitative estimate of drug-likeness (QED) is 0.733. The first-order chi connectivity index (χ1) is 6.11. The number of halogens is 3. The van der Waals surface area contributed by atoms with Gasteiger partial charge in [-0.25, -0.2) is 8.78 Å². The zero-order chi connectivity index (χ0) is 10.0. The van der Waals surface area contributed by atoms with E-state index in [0.29, 0.717) is 6.42 Å². The summed E-state index contributed by atoms with van der Waals surface area (Å²) in [6, 6.07) is 1.06. The molecule has 72 valence electrons. The fourth-order valence-corrected chi connectivity index (χ4v) is 1.60. The highest BCUT2D eigenvalue weighted by Gasteiger charge is 2.16. The lowest BCUT2D eigenvalue weighted by Crippen LogP contribution is -1.98. The second-order valence-electron chi connectivity index (χ2n) is 2.52. The van der Waals surface area contributed by atoms with E-state index in [9.17, 15) is 8.78 Å². The molecule has 0 aromatic heterocycles. The van der Waals surface area contributed by atoms with Crippen LogP contribution in [0.1, 0.15) is 12.5 Å². The van der Waals surface area contributed by atoms with Gasteiger partial charge in [0.2, 0.25) is 0 Å².